The molecule has 2 aromatic rings. The highest BCUT2D eigenvalue weighted by atomic mass is 16.4. The van der Waals surface area contributed by atoms with Gasteiger partial charge in [0.05, 0.1) is 18.2 Å². The number of amides is 1. The first-order valence-corrected chi connectivity index (χ1v) is 5.79. The first-order chi connectivity index (χ1) is 9.56. The van der Waals surface area contributed by atoms with Crippen molar-refractivity contribution in [3.63, 3.8) is 0 Å². The first-order valence-electron chi connectivity index (χ1n) is 5.79. The molecule has 0 bridgehead atoms. The fourth-order valence-corrected chi connectivity index (χ4v) is 1.55. The number of aromatic nitrogens is 3. The largest absolute Gasteiger partial charge is 0.481 e. The van der Waals surface area contributed by atoms with E-state index in [2.05, 4.69) is 15.4 Å². The molecule has 0 aliphatic rings. The molecule has 20 heavy (non-hydrogen) atoms. The minimum Gasteiger partial charge on any atom is -0.481 e. The lowest BCUT2D eigenvalue weighted by Gasteiger charge is -2.10. The van der Waals surface area contributed by atoms with Crippen molar-refractivity contribution in [1.29, 1.82) is 0 Å². The number of hydrogen-bond donors (Lipinski definition) is 3. The van der Waals surface area contributed by atoms with E-state index in [1.54, 1.807) is 35.3 Å². The second kappa shape index (κ2) is 5.93. The second-order valence-corrected chi connectivity index (χ2v) is 4.08. The average molecular weight is 275 g/mol. The zero-order chi connectivity index (χ0) is 14.5. The van der Waals surface area contributed by atoms with E-state index >= 15 is 0 Å². The predicted octanol–water partition coefficient (Wildman–Crippen LogP) is 0.00780. The maximum Gasteiger partial charge on any atom is 0.305 e. The molecule has 1 atom stereocenters. The van der Waals surface area contributed by atoms with Crippen molar-refractivity contribution < 1.29 is 14.7 Å². The summed E-state index contributed by atoms with van der Waals surface area (Å²) in [6, 6.07) is 5.74. The summed E-state index contributed by atoms with van der Waals surface area (Å²) in [4.78, 5) is 25.9. The standard InChI is InChI=1S/C12H13N5O3/c13-10(5-11(18)19)12(20)16-8-1-3-9(4-2-8)17-7-14-6-15-17/h1-4,6-7,10H,5,13H2,(H,16,20)(H,18,19). The van der Waals surface area contributed by atoms with Crippen molar-refractivity contribution in [3.8, 4) is 5.69 Å². The maximum absolute atomic E-state index is 11.6. The highest BCUT2D eigenvalue weighted by Gasteiger charge is 2.16. The molecule has 2 rings (SSSR count). The van der Waals surface area contributed by atoms with E-state index in [0.29, 0.717) is 5.69 Å². The number of carbonyl (C=O) groups is 2. The minimum absolute atomic E-state index is 0.414. The van der Waals surface area contributed by atoms with Crippen LogP contribution in [-0.2, 0) is 9.59 Å². The van der Waals surface area contributed by atoms with Gasteiger partial charge in [0.15, 0.2) is 0 Å². The summed E-state index contributed by atoms with van der Waals surface area (Å²) < 4.78 is 1.57. The van der Waals surface area contributed by atoms with Crippen LogP contribution in [0.15, 0.2) is 36.9 Å². The van der Waals surface area contributed by atoms with Crippen LogP contribution in [0.3, 0.4) is 0 Å². The molecule has 1 amide bonds. The number of nitrogens with zero attached hydrogens (tertiary/aromatic N) is 3. The number of aliphatic carboxylic acids is 1. The summed E-state index contributed by atoms with van der Waals surface area (Å²) in [7, 11) is 0. The molecular weight excluding hydrogens is 262 g/mol. The zero-order valence-corrected chi connectivity index (χ0v) is 10.4. The smallest absolute Gasteiger partial charge is 0.305 e. The Morgan fingerprint density at radius 3 is 2.60 bits per heavy atom. The van der Waals surface area contributed by atoms with Crippen molar-refractivity contribution in [3.05, 3.63) is 36.9 Å². The molecule has 0 spiro atoms. The van der Waals surface area contributed by atoms with Crippen molar-refractivity contribution >= 4 is 17.6 Å². The van der Waals surface area contributed by atoms with E-state index in [9.17, 15) is 9.59 Å². The summed E-state index contributed by atoms with van der Waals surface area (Å²) in [6.45, 7) is 0. The van der Waals surface area contributed by atoms with Crippen LogP contribution in [0, 0.1) is 0 Å². The molecule has 0 aliphatic heterocycles. The zero-order valence-electron chi connectivity index (χ0n) is 10.4. The Hall–Kier alpha value is -2.74. The lowest BCUT2D eigenvalue weighted by atomic mass is 10.2. The molecule has 0 saturated heterocycles. The van der Waals surface area contributed by atoms with Gasteiger partial charge in [-0.05, 0) is 24.3 Å². The van der Waals surface area contributed by atoms with Gasteiger partial charge in [-0.3, -0.25) is 9.59 Å². The Bertz CT molecular complexity index is 594. The van der Waals surface area contributed by atoms with E-state index < -0.39 is 24.3 Å². The van der Waals surface area contributed by atoms with Gasteiger partial charge in [-0.1, -0.05) is 0 Å². The summed E-state index contributed by atoms with van der Waals surface area (Å²) >= 11 is 0. The van der Waals surface area contributed by atoms with Crippen LogP contribution in [0.4, 0.5) is 5.69 Å². The molecule has 1 unspecified atom stereocenters. The van der Waals surface area contributed by atoms with Gasteiger partial charge < -0.3 is 16.2 Å². The van der Waals surface area contributed by atoms with E-state index in [1.165, 1.54) is 6.33 Å². The van der Waals surface area contributed by atoms with Crippen LogP contribution < -0.4 is 11.1 Å². The number of benzene rings is 1. The van der Waals surface area contributed by atoms with Crippen LogP contribution in [0.2, 0.25) is 0 Å². The van der Waals surface area contributed by atoms with Gasteiger partial charge in [0.25, 0.3) is 0 Å². The van der Waals surface area contributed by atoms with Crippen LogP contribution in [0.25, 0.3) is 5.69 Å². The van der Waals surface area contributed by atoms with Gasteiger partial charge in [0.1, 0.15) is 12.7 Å². The van der Waals surface area contributed by atoms with E-state index in [0.717, 1.165) is 5.69 Å². The van der Waals surface area contributed by atoms with Crippen molar-refractivity contribution in [1.82, 2.24) is 14.8 Å². The molecule has 1 aromatic heterocycles. The molecule has 8 nitrogen and oxygen atoms in total. The first kappa shape index (κ1) is 13.7. The van der Waals surface area contributed by atoms with Crippen LogP contribution in [0.5, 0.6) is 0 Å². The summed E-state index contributed by atoms with van der Waals surface area (Å²) in [5.74, 6) is -1.66. The Balaban J connectivity index is 2.00. The summed E-state index contributed by atoms with van der Waals surface area (Å²) in [6.07, 6.45) is 2.56. The molecule has 1 aromatic carbocycles. The Morgan fingerprint density at radius 1 is 1.35 bits per heavy atom. The van der Waals surface area contributed by atoms with Gasteiger partial charge >= 0.3 is 5.97 Å². The van der Waals surface area contributed by atoms with Gasteiger partial charge in [-0.15, -0.1) is 0 Å². The molecule has 104 valence electrons. The normalized spacial score (nSPS) is 11.8. The third-order valence-corrected chi connectivity index (χ3v) is 2.55. The number of nitrogens with two attached hydrogens (primary N) is 1. The number of anilines is 1. The van der Waals surface area contributed by atoms with Gasteiger partial charge in [0, 0.05) is 5.69 Å². The van der Waals surface area contributed by atoms with Gasteiger partial charge in [-0.2, -0.15) is 5.10 Å². The number of nitrogens with one attached hydrogen (secondary N) is 1. The topological polar surface area (TPSA) is 123 Å². The highest BCUT2D eigenvalue weighted by Crippen LogP contribution is 2.12. The molecule has 1 heterocycles. The fourth-order valence-electron chi connectivity index (χ4n) is 1.55. The second-order valence-electron chi connectivity index (χ2n) is 4.08. The maximum atomic E-state index is 11.6. The Morgan fingerprint density at radius 2 is 2.05 bits per heavy atom. The Labute approximate surface area is 114 Å². The number of carbonyl (C=O) groups excluding carboxylic acids is 1. The van der Waals surface area contributed by atoms with E-state index in [1.807, 2.05) is 0 Å². The SMILES string of the molecule is NC(CC(=O)O)C(=O)Nc1ccc(-n2cncn2)cc1. The number of hydrogen-bond acceptors (Lipinski definition) is 5. The molecule has 4 N–H and O–H groups in total. The summed E-state index contributed by atoms with van der Waals surface area (Å²) in [5, 5.41) is 15.1. The summed E-state index contributed by atoms with van der Waals surface area (Å²) in [5.41, 5.74) is 6.77. The molecule has 0 saturated carbocycles. The van der Waals surface area contributed by atoms with Crippen molar-refractivity contribution in [2.45, 2.75) is 12.5 Å². The van der Waals surface area contributed by atoms with E-state index in [4.69, 9.17) is 10.8 Å². The van der Waals surface area contributed by atoms with Gasteiger partial charge in [-0.25, -0.2) is 9.67 Å². The third-order valence-electron chi connectivity index (χ3n) is 2.55. The van der Waals surface area contributed by atoms with Crippen LogP contribution >= 0.6 is 0 Å². The molecular formula is C12H13N5O3. The van der Waals surface area contributed by atoms with Gasteiger partial charge in [0.2, 0.25) is 5.91 Å². The van der Waals surface area contributed by atoms with E-state index in [-0.39, 0.29) is 0 Å². The van der Waals surface area contributed by atoms with Crippen LogP contribution in [-0.4, -0.2) is 37.8 Å². The number of carboxylic acid groups (broad SMARTS) is 1. The molecule has 0 fully saturated rings. The number of carboxylic acids is 1. The molecule has 0 radical (unpaired) electrons. The lowest BCUT2D eigenvalue weighted by molar-refractivity contribution is -0.138. The minimum atomic E-state index is -1.12. The monoisotopic (exact) mass is 275 g/mol. The lowest BCUT2D eigenvalue weighted by Crippen LogP contribution is -2.37. The highest BCUT2D eigenvalue weighted by molar-refractivity contribution is 5.96. The molecule has 8 heteroatoms. The Kier molecular flexibility index (Phi) is 4.06. The predicted molar refractivity (Wildman–Crippen MR) is 70.2 cm³/mol. The average Bonchev–Trinajstić information content (AvgIpc) is 2.92. The molecule has 0 aliphatic carbocycles. The third kappa shape index (κ3) is 3.39. The van der Waals surface area contributed by atoms with Crippen molar-refractivity contribution in [2.24, 2.45) is 5.73 Å². The van der Waals surface area contributed by atoms with Crippen LogP contribution in [0.1, 0.15) is 6.42 Å². The quantitative estimate of drug-likeness (QED) is 0.706. The number of rotatable bonds is 5. The fraction of sp³-hybridized carbons (Fsp3) is 0.167. The van der Waals surface area contributed by atoms with Crippen molar-refractivity contribution in [2.75, 3.05) is 5.32 Å².